The standard InChI is InChI=1S/C21H23NO6/c1-25-17-6-4-5-15(9-17)21(24)28-13-20(23)22-8-7-14-10-18(26-2)19(27-3)11-16(14)12-22/h4-6,9-11H,7-8,12-13H2,1-3H3. The van der Waals surface area contributed by atoms with Gasteiger partial charge in [-0.25, -0.2) is 4.79 Å². The molecule has 1 amide bonds. The van der Waals surface area contributed by atoms with E-state index in [0.717, 1.165) is 11.1 Å². The summed E-state index contributed by atoms with van der Waals surface area (Å²) >= 11 is 0. The number of fused-ring (bicyclic) bond motifs is 1. The van der Waals surface area contributed by atoms with Crippen molar-refractivity contribution >= 4 is 11.9 Å². The van der Waals surface area contributed by atoms with Gasteiger partial charge < -0.3 is 23.8 Å². The van der Waals surface area contributed by atoms with E-state index in [4.69, 9.17) is 18.9 Å². The lowest BCUT2D eigenvalue weighted by atomic mass is 9.99. The third kappa shape index (κ3) is 4.19. The highest BCUT2D eigenvalue weighted by atomic mass is 16.5. The molecule has 0 saturated heterocycles. The molecule has 0 aromatic heterocycles. The maximum absolute atomic E-state index is 12.5. The van der Waals surface area contributed by atoms with Gasteiger partial charge in [0.25, 0.3) is 5.91 Å². The molecule has 0 bridgehead atoms. The van der Waals surface area contributed by atoms with Crippen molar-refractivity contribution in [3.05, 3.63) is 53.1 Å². The fraction of sp³-hybridized carbons (Fsp3) is 0.333. The SMILES string of the molecule is COc1cccc(C(=O)OCC(=O)N2CCc3cc(OC)c(OC)cc3C2)c1. The maximum Gasteiger partial charge on any atom is 0.338 e. The van der Waals surface area contributed by atoms with Gasteiger partial charge in [0.1, 0.15) is 5.75 Å². The van der Waals surface area contributed by atoms with E-state index in [-0.39, 0.29) is 12.5 Å². The molecule has 0 spiro atoms. The van der Waals surface area contributed by atoms with Gasteiger partial charge in [0.2, 0.25) is 0 Å². The number of nitrogens with zero attached hydrogens (tertiary/aromatic N) is 1. The molecule has 0 saturated carbocycles. The molecule has 3 rings (SSSR count). The minimum Gasteiger partial charge on any atom is -0.497 e. The summed E-state index contributed by atoms with van der Waals surface area (Å²) < 4.78 is 20.9. The van der Waals surface area contributed by atoms with E-state index >= 15 is 0 Å². The first kappa shape index (κ1) is 19.5. The highest BCUT2D eigenvalue weighted by molar-refractivity contribution is 5.91. The number of benzene rings is 2. The Morgan fingerprint density at radius 3 is 2.36 bits per heavy atom. The minimum atomic E-state index is -0.559. The van der Waals surface area contributed by atoms with Crippen LogP contribution < -0.4 is 14.2 Å². The van der Waals surface area contributed by atoms with Gasteiger partial charge in [-0.2, -0.15) is 0 Å². The Morgan fingerprint density at radius 2 is 1.68 bits per heavy atom. The number of hydrogen-bond donors (Lipinski definition) is 0. The molecule has 0 atom stereocenters. The second-order valence-corrected chi connectivity index (χ2v) is 6.35. The van der Waals surface area contributed by atoms with Crippen LogP contribution >= 0.6 is 0 Å². The molecule has 0 aliphatic carbocycles. The Balaban J connectivity index is 1.62. The lowest BCUT2D eigenvalue weighted by Crippen LogP contribution is -2.38. The number of ether oxygens (including phenoxy) is 4. The molecule has 28 heavy (non-hydrogen) atoms. The lowest BCUT2D eigenvalue weighted by Gasteiger charge is -2.29. The normalized spacial score (nSPS) is 12.8. The Kier molecular flexibility index (Phi) is 6.03. The minimum absolute atomic E-state index is 0.239. The number of hydrogen-bond acceptors (Lipinski definition) is 6. The molecule has 1 aliphatic heterocycles. The topological polar surface area (TPSA) is 74.3 Å². The zero-order valence-electron chi connectivity index (χ0n) is 16.2. The molecular formula is C21H23NO6. The monoisotopic (exact) mass is 385 g/mol. The Morgan fingerprint density at radius 1 is 0.964 bits per heavy atom. The van der Waals surface area contributed by atoms with Crippen molar-refractivity contribution in [1.82, 2.24) is 4.90 Å². The molecule has 0 N–H and O–H groups in total. The molecule has 148 valence electrons. The Hall–Kier alpha value is -3.22. The van der Waals surface area contributed by atoms with Crippen molar-refractivity contribution < 1.29 is 28.5 Å². The van der Waals surface area contributed by atoms with Gasteiger partial charge in [-0.15, -0.1) is 0 Å². The van der Waals surface area contributed by atoms with Gasteiger partial charge in [-0.1, -0.05) is 6.07 Å². The lowest BCUT2D eigenvalue weighted by molar-refractivity contribution is -0.135. The van der Waals surface area contributed by atoms with Crippen molar-refractivity contribution in [2.75, 3.05) is 34.5 Å². The summed E-state index contributed by atoms with van der Waals surface area (Å²) in [5, 5.41) is 0. The molecule has 1 aliphatic rings. The van der Waals surface area contributed by atoms with E-state index in [1.54, 1.807) is 43.4 Å². The van der Waals surface area contributed by atoms with Crippen LogP contribution in [-0.2, 0) is 22.5 Å². The van der Waals surface area contributed by atoms with Gasteiger partial charge in [-0.3, -0.25) is 4.79 Å². The second-order valence-electron chi connectivity index (χ2n) is 6.35. The molecule has 7 heteroatoms. The van der Waals surface area contributed by atoms with Crippen LogP contribution in [0.4, 0.5) is 0 Å². The average molecular weight is 385 g/mol. The summed E-state index contributed by atoms with van der Waals surface area (Å²) in [5.41, 5.74) is 2.46. The van der Waals surface area contributed by atoms with Gasteiger partial charge in [0.15, 0.2) is 18.1 Å². The summed E-state index contributed by atoms with van der Waals surface area (Å²) in [6, 6.07) is 10.4. The molecule has 7 nitrogen and oxygen atoms in total. The van der Waals surface area contributed by atoms with E-state index in [2.05, 4.69) is 0 Å². The fourth-order valence-electron chi connectivity index (χ4n) is 3.15. The van der Waals surface area contributed by atoms with Gasteiger partial charge in [0, 0.05) is 13.1 Å². The van der Waals surface area contributed by atoms with Crippen LogP contribution in [0.1, 0.15) is 21.5 Å². The maximum atomic E-state index is 12.5. The number of amides is 1. The predicted octanol–water partition coefficient (Wildman–Crippen LogP) is 2.45. The zero-order valence-corrected chi connectivity index (χ0v) is 16.2. The summed E-state index contributed by atoms with van der Waals surface area (Å²) in [6.07, 6.45) is 0.700. The molecular weight excluding hydrogens is 362 g/mol. The van der Waals surface area contributed by atoms with E-state index in [1.165, 1.54) is 7.11 Å². The zero-order chi connectivity index (χ0) is 20.1. The van der Waals surface area contributed by atoms with Crippen LogP contribution in [-0.4, -0.2) is 51.3 Å². The first-order chi connectivity index (χ1) is 13.5. The predicted molar refractivity (Wildman–Crippen MR) is 102 cm³/mol. The fourth-order valence-corrected chi connectivity index (χ4v) is 3.15. The van der Waals surface area contributed by atoms with Crippen molar-refractivity contribution in [1.29, 1.82) is 0 Å². The van der Waals surface area contributed by atoms with Crippen LogP contribution in [0, 0.1) is 0 Å². The number of carbonyl (C=O) groups is 2. The Bertz CT molecular complexity index is 879. The van der Waals surface area contributed by atoms with Gasteiger partial charge in [0.05, 0.1) is 26.9 Å². The van der Waals surface area contributed by atoms with Crippen LogP contribution in [0.5, 0.6) is 17.2 Å². The van der Waals surface area contributed by atoms with Crippen LogP contribution in [0.15, 0.2) is 36.4 Å². The first-order valence-corrected chi connectivity index (χ1v) is 8.88. The third-order valence-corrected chi connectivity index (χ3v) is 4.70. The van der Waals surface area contributed by atoms with Crippen molar-refractivity contribution in [3.8, 4) is 17.2 Å². The smallest absolute Gasteiger partial charge is 0.338 e. The summed E-state index contributed by atoms with van der Waals surface area (Å²) in [7, 11) is 4.69. The summed E-state index contributed by atoms with van der Waals surface area (Å²) in [6.45, 7) is 0.682. The third-order valence-electron chi connectivity index (χ3n) is 4.70. The number of methoxy groups -OCH3 is 3. The van der Waals surface area contributed by atoms with Crippen molar-refractivity contribution in [2.45, 2.75) is 13.0 Å². The average Bonchev–Trinajstić information content (AvgIpc) is 2.75. The van der Waals surface area contributed by atoms with E-state index in [1.807, 2.05) is 12.1 Å². The quantitative estimate of drug-likeness (QED) is 0.711. The van der Waals surface area contributed by atoms with Crippen molar-refractivity contribution in [3.63, 3.8) is 0 Å². The Labute approximate surface area is 163 Å². The molecule has 0 fully saturated rings. The molecule has 2 aromatic carbocycles. The second kappa shape index (κ2) is 8.65. The van der Waals surface area contributed by atoms with Crippen molar-refractivity contribution in [2.24, 2.45) is 0 Å². The number of rotatable bonds is 6. The van der Waals surface area contributed by atoms with Crippen LogP contribution in [0.3, 0.4) is 0 Å². The molecule has 1 heterocycles. The highest BCUT2D eigenvalue weighted by Crippen LogP contribution is 2.33. The largest absolute Gasteiger partial charge is 0.497 e. The summed E-state index contributed by atoms with van der Waals surface area (Å²) in [4.78, 5) is 26.4. The van der Waals surface area contributed by atoms with E-state index in [0.29, 0.717) is 42.3 Å². The molecule has 0 radical (unpaired) electrons. The number of carbonyl (C=O) groups excluding carboxylic acids is 2. The van der Waals surface area contributed by atoms with Crippen LogP contribution in [0.2, 0.25) is 0 Å². The summed E-state index contributed by atoms with van der Waals surface area (Å²) in [5.74, 6) is 1.05. The van der Waals surface area contributed by atoms with Gasteiger partial charge >= 0.3 is 5.97 Å². The van der Waals surface area contributed by atoms with Gasteiger partial charge in [-0.05, 0) is 47.9 Å². The van der Waals surface area contributed by atoms with Crippen LogP contribution in [0.25, 0.3) is 0 Å². The van der Waals surface area contributed by atoms with E-state index in [9.17, 15) is 9.59 Å². The first-order valence-electron chi connectivity index (χ1n) is 8.88. The number of esters is 1. The molecule has 0 unspecified atom stereocenters. The highest BCUT2D eigenvalue weighted by Gasteiger charge is 2.24. The molecule has 2 aromatic rings. The van der Waals surface area contributed by atoms with E-state index < -0.39 is 5.97 Å².